The number of hydrogen-bond donors (Lipinski definition) is 0. The first-order valence-electron chi connectivity index (χ1n) is 34.2. The van der Waals surface area contributed by atoms with Gasteiger partial charge < -0.3 is 14.2 Å². The SMILES string of the molecule is CC/C=C\C/C=C\C/C=C\C/C=C\C/C=C\C/C=C\C/C=C\C/C=C\CCCCCCCCCCCCC(=O)OCC(COC(=O)CCCCCCCCCCCCCC)OC(=O)CCCCCCCCC/C=C\C/C=C\C/C=C\CC. The molecular formula is C76H126O6. The predicted molar refractivity (Wildman–Crippen MR) is 357 cm³/mol. The van der Waals surface area contributed by atoms with Crippen LogP contribution < -0.4 is 0 Å². The smallest absolute Gasteiger partial charge is 0.306 e. The van der Waals surface area contributed by atoms with Crippen molar-refractivity contribution in [2.45, 2.75) is 316 Å². The zero-order valence-electron chi connectivity index (χ0n) is 53.5. The lowest BCUT2D eigenvalue weighted by atomic mass is 10.0. The van der Waals surface area contributed by atoms with Crippen molar-refractivity contribution in [3.8, 4) is 0 Å². The third-order valence-electron chi connectivity index (χ3n) is 14.4. The molecule has 0 aliphatic heterocycles. The number of esters is 3. The first kappa shape index (κ1) is 77.5. The van der Waals surface area contributed by atoms with Crippen molar-refractivity contribution in [2.24, 2.45) is 0 Å². The van der Waals surface area contributed by atoms with Crippen molar-refractivity contribution in [3.63, 3.8) is 0 Å². The van der Waals surface area contributed by atoms with Crippen LogP contribution >= 0.6 is 0 Å². The number of ether oxygens (including phenoxy) is 3. The van der Waals surface area contributed by atoms with Crippen LogP contribution in [0.5, 0.6) is 0 Å². The maximum Gasteiger partial charge on any atom is 0.306 e. The van der Waals surface area contributed by atoms with E-state index in [0.717, 1.165) is 135 Å². The molecule has 0 aromatic heterocycles. The molecule has 0 aromatic carbocycles. The Hall–Kier alpha value is -4.45. The van der Waals surface area contributed by atoms with Crippen molar-refractivity contribution < 1.29 is 28.6 Å². The highest BCUT2D eigenvalue weighted by atomic mass is 16.6. The van der Waals surface area contributed by atoms with Crippen LogP contribution in [0.4, 0.5) is 0 Å². The third kappa shape index (κ3) is 66.4. The van der Waals surface area contributed by atoms with Gasteiger partial charge in [0.2, 0.25) is 0 Å². The van der Waals surface area contributed by atoms with E-state index in [4.69, 9.17) is 14.2 Å². The van der Waals surface area contributed by atoms with Crippen LogP contribution in [0.1, 0.15) is 310 Å². The molecular weight excluding hydrogens is 1010 g/mol. The summed E-state index contributed by atoms with van der Waals surface area (Å²) in [6.07, 6.45) is 97.6. The Morgan fingerprint density at radius 1 is 0.256 bits per heavy atom. The number of hydrogen-bond acceptors (Lipinski definition) is 6. The van der Waals surface area contributed by atoms with E-state index in [0.29, 0.717) is 19.3 Å². The molecule has 0 saturated heterocycles. The van der Waals surface area contributed by atoms with E-state index in [-0.39, 0.29) is 31.1 Å². The summed E-state index contributed by atoms with van der Waals surface area (Å²) in [6, 6.07) is 0. The fourth-order valence-corrected chi connectivity index (χ4v) is 9.36. The predicted octanol–water partition coefficient (Wildman–Crippen LogP) is 23.7. The Bertz CT molecular complexity index is 1730. The molecule has 0 N–H and O–H groups in total. The molecule has 82 heavy (non-hydrogen) atoms. The van der Waals surface area contributed by atoms with Gasteiger partial charge in [-0.15, -0.1) is 0 Å². The molecule has 0 amide bonds. The first-order chi connectivity index (χ1) is 40.5. The van der Waals surface area contributed by atoms with Crippen LogP contribution in [0.2, 0.25) is 0 Å². The fourth-order valence-electron chi connectivity index (χ4n) is 9.36. The van der Waals surface area contributed by atoms with Gasteiger partial charge in [0, 0.05) is 19.3 Å². The fraction of sp³-hybridized carbons (Fsp3) is 0.671. The van der Waals surface area contributed by atoms with Gasteiger partial charge in [0.15, 0.2) is 6.10 Å². The minimum Gasteiger partial charge on any atom is -0.462 e. The number of allylic oxidation sites excluding steroid dienone is 22. The van der Waals surface area contributed by atoms with E-state index in [1.54, 1.807) is 0 Å². The van der Waals surface area contributed by atoms with Crippen molar-refractivity contribution in [1.29, 1.82) is 0 Å². The third-order valence-corrected chi connectivity index (χ3v) is 14.4. The Balaban J connectivity index is 4.23. The monoisotopic (exact) mass is 1130 g/mol. The van der Waals surface area contributed by atoms with Gasteiger partial charge in [-0.3, -0.25) is 14.4 Å². The summed E-state index contributed by atoms with van der Waals surface area (Å²) in [6.45, 7) is 6.42. The highest BCUT2D eigenvalue weighted by Crippen LogP contribution is 2.16. The molecule has 1 unspecified atom stereocenters. The Morgan fingerprint density at radius 2 is 0.476 bits per heavy atom. The van der Waals surface area contributed by atoms with E-state index in [2.05, 4.69) is 154 Å². The second-order valence-electron chi connectivity index (χ2n) is 22.3. The Morgan fingerprint density at radius 3 is 0.744 bits per heavy atom. The molecule has 6 nitrogen and oxygen atoms in total. The lowest BCUT2D eigenvalue weighted by Gasteiger charge is -2.18. The number of carbonyl (C=O) groups excluding carboxylic acids is 3. The maximum atomic E-state index is 12.9. The normalized spacial score (nSPS) is 13.0. The first-order valence-corrected chi connectivity index (χ1v) is 34.2. The molecule has 0 aliphatic rings. The van der Waals surface area contributed by atoms with Gasteiger partial charge >= 0.3 is 17.9 Å². The largest absolute Gasteiger partial charge is 0.462 e. The van der Waals surface area contributed by atoms with Gasteiger partial charge in [-0.05, 0) is 116 Å². The molecule has 0 bridgehead atoms. The average molecular weight is 1140 g/mol. The summed E-state index contributed by atoms with van der Waals surface area (Å²) < 4.78 is 16.9. The van der Waals surface area contributed by atoms with Crippen molar-refractivity contribution >= 4 is 17.9 Å². The zero-order chi connectivity index (χ0) is 59.2. The van der Waals surface area contributed by atoms with Crippen LogP contribution in [0, 0.1) is 0 Å². The summed E-state index contributed by atoms with van der Waals surface area (Å²) in [4.78, 5) is 38.3. The standard InChI is InChI=1S/C76H126O6/c1-4-7-10-13-16-19-22-25-27-29-30-31-32-33-34-35-36-37-38-39-40-41-42-43-44-45-46-48-49-51-54-57-60-63-66-69-75(78)81-72-73(71-80-74(77)68-65-62-59-56-53-24-21-18-15-12-9-6-3)82-76(79)70-67-64-61-58-55-52-50-47-28-26-23-20-17-14-11-8-5-2/h7-8,10-11,16-17,19-20,25-28,30-31,33-34,36-37,39-40,42-43,73H,4-6,9,12-15,18,21-24,29,32,35,38,41,44-72H2,1-3H3/b10-7-,11-8-,19-16-,20-17-,27-25-,28-26-,31-30-,34-33-,37-36-,40-39-,43-42-. The molecule has 0 fully saturated rings. The summed E-state index contributed by atoms with van der Waals surface area (Å²) in [7, 11) is 0. The molecule has 1 atom stereocenters. The number of rotatable bonds is 61. The van der Waals surface area contributed by atoms with Crippen molar-refractivity contribution in [3.05, 3.63) is 134 Å². The van der Waals surface area contributed by atoms with E-state index in [9.17, 15) is 14.4 Å². The quantitative estimate of drug-likeness (QED) is 0.0261. The van der Waals surface area contributed by atoms with E-state index >= 15 is 0 Å². The van der Waals surface area contributed by atoms with Crippen LogP contribution in [0.15, 0.2) is 134 Å². The van der Waals surface area contributed by atoms with Gasteiger partial charge in [-0.2, -0.15) is 0 Å². The molecule has 466 valence electrons. The summed E-state index contributed by atoms with van der Waals surface area (Å²) in [5, 5.41) is 0. The second-order valence-corrected chi connectivity index (χ2v) is 22.3. The molecule has 0 heterocycles. The van der Waals surface area contributed by atoms with Crippen LogP contribution in [0.25, 0.3) is 0 Å². The Labute approximate surface area is 506 Å². The molecule has 0 rings (SSSR count). The van der Waals surface area contributed by atoms with Crippen LogP contribution in [-0.2, 0) is 28.6 Å². The lowest BCUT2D eigenvalue weighted by molar-refractivity contribution is -0.167. The minimum atomic E-state index is -0.787. The topological polar surface area (TPSA) is 78.9 Å². The summed E-state index contributed by atoms with van der Waals surface area (Å²) >= 11 is 0. The van der Waals surface area contributed by atoms with E-state index in [1.165, 1.54) is 135 Å². The van der Waals surface area contributed by atoms with Gasteiger partial charge in [-0.1, -0.05) is 309 Å². The second kappa shape index (κ2) is 69.0. The van der Waals surface area contributed by atoms with E-state index < -0.39 is 6.10 Å². The lowest BCUT2D eigenvalue weighted by Crippen LogP contribution is -2.30. The van der Waals surface area contributed by atoms with Gasteiger partial charge in [0.05, 0.1) is 0 Å². The van der Waals surface area contributed by atoms with Gasteiger partial charge in [0.25, 0.3) is 0 Å². The van der Waals surface area contributed by atoms with Gasteiger partial charge in [-0.25, -0.2) is 0 Å². The average Bonchev–Trinajstić information content (AvgIpc) is 3.47. The van der Waals surface area contributed by atoms with Crippen LogP contribution in [0.3, 0.4) is 0 Å². The van der Waals surface area contributed by atoms with Gasteiger partial charge in [0.1, 0.15) is 13.2 Å². The molecule has 0 aromatic rings. The number of unbranched alkanes of at least 4 members (excludes halogenated alkanes) is 28. The molecule has 0 aliphatic carbocycles. The molecule has 6 heteroatoms. The zero-order valence-corrected chi connectivity index (χ0v) is 53.5. The summed E-state index contributed by atoms with van der Waals surface area (Å²) in [5.74, 6) is -0.890. The highest BCUT2D eigenvalue weighted by molar-refractivity contribution is 5.71. The number of carbonyl (C=O) groups is 3. The highest BCUT2D eigenvalue weighted by Gasteiger charge is 2.19. The van der Waals surface area contributed by atoms with Crippen molar-refractivity contribution in [1.82, 2.24) is 0 Å². The van der Waals surface area contributed by atoms with Crippen molar-refractivity contribution in [2.75, 3.05) is 13.2 Å². The molecule has 0 spiro atoms. The maximum absolute atomic E-state index is 12.9. The van der Waals surface area contributed by atoms with Crippen LogP contribution in [-0.4, -0.2) is 37.2 Å². The molecule has 0 radical (unpaired) electrons. The molecule has 0 saturated carbocycles. The summed E-state index contributed by atoms with van der Waals surface area (Å²) in [5.41, 5.74) is 0. The minimum absolute atomic E-state index is 0.0825. The Kier molecular flexibility index (Phi) is 65.3. The van der Waals surface area contributed by atoms with E-state index in [1.807, 2.05) is 0 Å².